The molecular weight excluding hydrogens is 236 g/mol. The van der Waals surface area contributed by atoms with E-state index in [1.54, 1.807) is 0 Å². The van der Waals surface area contributed by atoms with Crippen LogP contribution in [0.1, 0.15) is 45.4 Å². The van der Waals surface area contributed by atoms with Crippen LogP contribution in [-0.4, -0.2) is 20.6 Å². The summed E-state index contributed by atoms with van der Waals surface area (Å²) in [6.45, 7) is 5.52. The van der Waals surface area contributed by atoms with Gasteiger partial charge in [-0.05, 0) is 30.4 Å². The first-order valence-electron chi connectivity index (χ1n) is 7.19. The predicted molar refractivity (Wildman–Crippen MR) is 75.9 cm³/mol. The maximum Gasteiger partial charge on any atom is 0.160 e. The van der Waals surface area contributed by atoms with E-state index < -0.39 is 0 Å². The quantitative estimate of drug-likeness (QED) is 0.920. The van der Waals surface area contributed by atoms with Crippen LogP contribution in [0.2, 0.25) is 0 Å². The lowest BCUT2D eigenvalue weighted by Gasteiger charge is -2.39. The van der Waals surface area contributed by atoms with E-state index in [1.807, 2.05) is 24.4 Å². The molecule has 4 nitrogen and oxygen atoms in total. The highest BCUT2D eigenvalue weighted by atomic mass is 15.3. The van der Waals surface area contributed by atoms with Crippen molar-refractivity contribution in [2.75, 3.05) is 0 Å². The first kappa shape index (κ1) is 12.6. The smallest absolute Gasteiger partial charge is 0.160 e. The van der Waals surface area contributed by atoms with Gasteiger partial charge in [-0.3, -0.25) is 4.40 Å². The van der Waals surface area contributed by atoms with Crippen LogP contribution in [0.5, 0.6) is 0 Å². The Balaban J connectivity index is 1.72. The van der Waals surface area contributed by atoms with Crippen LogP contribution in [-0.2, 0) is 6.54 Å². The molecule has 0 radical (unpaired) electrons. The average molecular weight is 258 g/mol. The molecule has 0 aliphatic heterocycles. The molecule has 2 aromatic rings. The van der Waals surface area contributed by atoms with Gasteiger partial charge in [0.05, 0.1) is 6.54 Å². The summed E-state index contributed by atoms with van der Waals surface area (Å²) in [5.41, 5.74) is 1.31. The van der Waals surface area contributed by atoms with Crippen molar-refractivity contribution in [3.05, 3.63) is 30.2 Å². The van der Waals surface area contributed by atoms with E-state index in [9.17, 15) is 0 Å². The minimum Gasteiger partial charge on any atom is -0.306 e. The molecule has 1 atom stereocenters. The SMILES string of the molecule is CC1(C)CCCCC1NCc1nnc2ccccn12. The Morgan fingerprint density at radius 1 is 1.32 bits per heavy atom. The molecule has 2 aromatic heterocycles. The third-order valence-electron chi connectivity index (χ3n) is 4.40. The molecule has 4 heteroatoms. The summed E-state index contributed by atoms with van der Waals surface area (Å²) in [6, 6.07) is 6.58. The normalized spacial score (nSPS) is 22.7. The van der Waals surface area contributed by atoms with Crippen LogP contribution in [0, 0.1) is 5.41 Å². The molecule has 1 fully saturated rings. The Kier molecular flexibility index (Phi) is 3.27. The van der Waals surface area contributed by atoms with Crippen molar-refractivity contribution in [1.29, 1.82) is 0 Å². The van der Waals surface area contributed by atoms with Gasteiger partial charge in [0.2, 0.25) is 0 Å². The summed E-state index contributed by atoms with van der Waals surface area (Å²) in [5, 5.41) is 12.2. The third kappa shape index (κ3) is 2.50. The molecule has 19 heavy (non-hydrogen) atoms. The molecular formula is C15H22N4. The predicted octanol–water partition coefficient (Wildman–Crippen LogP) is 2.79. The van der Waals surface area contributed by atoms with Gasteiger partial charge in [-0.25, -0.2) is 0 Å². The second kappa shape index (κ2) is 4.93. The number of nitrogens with zero attached hydrogens (tertiary/aromatic N) is 3. The van der Waals surface area contributed by atoms with Crippen molar-refractivity contribution in [3.63, 3.8) is 0 Å². The van der Waals surface area contributed by atoms with Crippen LogP contribution in [0.3, 0.4) is 0 Å². The van der Waals surface area contributed by atoms with Gasteiger partial charge >= 0.3 is 0 Å². The molecule has 0 aromatic carbocycles. The molecule has 3 rings (SSSR count). The van der Waals surface area contributed by atoms with Crippen LogP contribution < -0.4 is 5.32 Å². The summed E-state index contributed by atoms with van der Waals surface area (Å²) in [7, 11) is 0. The zero-order valence-electron chi connectivity index (χ0n) is 11.8. The maximum absolute atomic E-state index is 4.28. The number of aromatic nitrogens is 3. The van der Waals surface area contributed by atoms with Crippen LogP contribution >= 0.6 is 0 Å². The molecule has 102 valence electrons. The zero-order valence-corrected chi connectivity index (χ0v) is 11.8. The van der Waals surface area contributed by atoms with Crippen molar-refractivity contribution in [3.8, 4) is 0 Å². The molecule has 0 spiro atoms. The lowest BCUT2D eigenvalue weighted by atomic mass is 9.73. The molecule has 0 amide bonds. The minimum absolute atomic E-state index is 0.388. The van der Waals surface area contributed by atoms with Gasteiger partial charge in [-0.15, -0.1) is 10.2 Å². The fourth-order valence-corrected chi connectivity index (χ4v) is 3.10. The molecule has 1 aliphatic rings. The van der Waals surface area contributed by atoms with Gasteiger partial charge in [0.25, 0.3) is 0 Å². The number of hydrogen-bond donors (Lipinski definition) is 1. The van der Waals surface area contributed by atoms with Crippen LogP contribution in [0.25, 0.3) is 5.65 Å². The third-order valence-corrected chi connectivity index (χ3v) is 4.40. The van der Waals surface area contributed by atoms with E-state index in [0.29, 0.717) is 11.5 Å². The number of rotatable bonds is 3. The molecule has 0 saturated heterocycles. The minimum atomic E-state index is 0.388. The van der Waals surface area contributed by atoms with Gasteiger partial charge in [0.15, 0.2) is 11.5 Å². The fraction of sp³-hybridized carbons (Fsp3) is 0.600. The van der Waals surface area contributed by atoms with Gasteiger partial charge in [-0.2, -0.15) is 0 Å². The van der Waals surface area contributed by atoms with Gasteiger partial charge in [0.1, 0.15) is 0 Å². The van der Waals surface area contributed by atoms with Crippen LogP contribution in [0.4, 0.5) is 0 Å². The van der Waals surface area contributed by atoms with Crippen molar-refractivity contribution < 1.29 is 0 Å². The molecule has 2 heterocycles. The van der Waals surface area contributed by atoms with E-state index in [0.717, 1.165) is 18.0 Å². The number of nitrogens with one attached hydrogen (secondary N) is 1. The highest BCUT2D eigenvalue weighted by molar-refractivity contribution is 5.36. The first-order chi connectivity index (χ1) is 9.17. The summed E-state index contributed by atoms with van der Waals surface area (Å²) in [4.78, 5) is 0. The van der Waals surface area contributed by atoms with Gasteiger partial charge in [0, 0.05) is 12.2 Å². The average Bonchev–Trinajstić information content (AvgIpc) is 2.80. The van der Waals surface area contributed by atoms with E-state index in [4.69, 9.17) is 0 Å². The second-order valence-corrected chi connectivity index (χ2v) is 6.21. The first-order valence-corrected chi connectivity index (χ1v) is 7.19. The number of hydrogen-bond acceptors (Lipinski definition) is 3. The van der Waals surface area contributed by atoms with Crippen molar-refractivity contribution in [2.45, 2.75) is 52.1 Å². The van der Waals surface area contributed by atoms with Crippen molar-refractivity contribution in [1.82, 2.24) is 19.9 Å². The number of fused-ring (bicyclic) bond motifs is 1. The zero-order chi connectivity index (χ0) is 13.3. The highest BCUT2D eigenvalue weighted by Gasteiger charge is 2.31. The topological polar surface area (TPSA) is 42.2 Å². The standard InChI is InChI=1S/C15H22N4/c1-15(2)9-5-3-7-12(15)16-11-14-18-17-13-8-4-6-10-19(13)14/h4,6,8,10,12,16H,3,5,7,9,11H2,1-2H3. The van der Waals surface area contributed by atoms with Gasteiger partial charge in [-0.1, -0.05) is 32.8 Å². The van der Waals surface area contributed by atoms with Gasteiger partial charge < -0.3 is 5.32 Å². The Morgan fingerprint density at radius 2 is 2.21 bits per heavy atom. The highest BCUT2D eigenvalue weighted by Crippen LogP contribution is 2.35. The Morgan fingerprint density at radius 3 is 3.05 bits per heavy atom. The number of pyridine rings is 1. The van der Waals surface area contributed by atoms with E-state index in [1.165, 1.54) is 25.7 Å². The van der Waals surface area contributed by atoms with E-state index in [2.05, 4.69) is 33.8 Å². The Hall–Kier alpha value is -1.42. The summed E-state index contributed by atoms with van der Waals surface area (Å²) >= 11 is 0. The van der Waals surface area contributed by atoms with E-state index in [-0.39, 0.29) is 0 Å². The lowest BCUT2D eigenvalue weighted by molar-refractivity contribution is 0.166. The second-order valence-electron chi connectivity index (χ2n) is 6.21. The maximum atomic E-state index is 4.28. The Bertz CT molecular complexity index is 558. The molecule has 1 N–H and O–H groups in total. The summed E-state index contributed by atoms with van der Waals surface area (Å²) in [5.74, 6) is 0.997. The van der Waals surface area contributed by atoms with E-state index >= 15 is 0 Å². The van der Waals surface area contributed by atoms with Crippen molar-refractivity contribution in [2.24, 2.45) is 5.41 Å². The molecule has 1 aliphatic carbocycles. The largest absolute Gasteiger partial charge is 0.306 e. The monoisotopic (exact) mass is 258 g/mol. The van der Waals surface area contributed by atoms with Crippen LogP contribution in [0.15, 0.2) is 24.4 Å². The summed E-state index contributed by atoms with van der Waals surface area (Å²) < 4.78 is 2.06. The molecule has 0 bridgehead atoms. The van der Waals surface area contributed by atoms with Crippen molar-refractivity contribution >= 4 is 5.65 Å². The molecule has 1 unspecified atom stereocenters. The summed E-state index contributed by atoms with van der Waals surface area (Å²) in [6.07, 6.45) is 7.30. The Labute approximate surface area is 114 Å². The fourth-order valence-electron chi connectivity index (χ4n) is 3.10. The molecule has 1 saturated carbocycles. The lowest BCUT2D eigenvalue weighted by Crippen LogP contribution is -2.43.